The van der Waals surface area contributed by atoms with Gasteiger partial charge in [0.25, 0.3) is 0 Å². The van der Waals surface area contributed by atoms with Crippen LogP contribution in [-0.4, -0.2) is 12.1 Å². The van der Waals surface area contributed by atoms with Gasteiger partial charge < -0.3 is 9.30 Å². The van der Waals surface area contributed by atoms with E-state index in [4.69, 9.17) is 4.74 Å². The summed E-state index contributed by atoms with van der Waals surface area (Å²) in [5.74, 6) is 0. The first-order valence-corrected chi connectivity index (χ1v) is 13.7. The Morgan fingerprint density at radius 3 is 1.70 bits per heavy atom. The Morgan fingerprint density at radius 2 is 1.18 bits per heavy atom. The third-order valence-electron chi connectivity index (χ3n) is 6.15. The minimum absolute atomic E-state index is 0.385. The first-order valence-electron chi connectivity index (χ1n) is 12.0. The molecule has 1 atom stereocenters. The molecule has 0 saturated heterocycles. The van der Waals surface area contributed by atoms with Crippen LogP contribution in [-0.2, 0) is 19.7 Å². The van der Waals surface area contributed by atoms with Crippen LogP contribution in [0.2, 0.25) is 0 Å². The third-order valence-corrected chi connectivity index (χ3v) is 9.20. The summed E-state index contributed by atoms with van der Waals surface area (Å²) in [7, 11) is -3.64. The number of unbranched alkanes of at least 4 members (excludes halogenated alkanes) is 5. The van der Waals surface area contributed by atoms with E-state index in [2.05, 4.69) is 6.92 Å². The summed E-state index contributed by atoms with van der Waals surface area (Å²) in [6, 6.07) is 27.7. The van der Waals surface area contributed by atoms with Crippen molar-refractivity contribution in [2.24, 2.45) is 0 Å². The van der Waals surface area contributed by atoms with Gasteiger partial charge in [0.1, 0.15) is 0 Å². The highest BCUT2D eigenvalue weighted by Gasteiger charge is 2.48. The maximum atomic E-state index is 14.7. The van der Waals surface area contributed by atoms with E-state index in [9.17, 15) is 9.36 Å². The second-order valence-electron chi connectivity index (χ2n) is 8.60. The first kappa shape index (κ1) is 25.1. The fourth-order valence-electron chi connectivity index (χ4n) is 4.14. The lowest BCUT2D eigenvalue weighted by atomic mass is 9.97. The molecule has 3 aromatic rings. The van der Waals surface area contributed by atoms with Crippen LogP contribution in [0.4, 0.5) is 0 Å². The van der Waals surface area contributed by atoms with E-state index in [-0.39, 0.29) is 5.52 Å². The maximum absolute atomic E-state index is 14.7. The highest BCUT2D eigenvalue weighted by atomic mass is 31.2. The van der Waals surface area contributed by atoms with Crippen molar-refractivity contribution < 1.29 is 14.1 Å². The average Bonchev–Trinajstić information content (AvgIpc) is 2.88. The predicted octanol–water partition coefficient (Wildman–Crippen LogP) is 6.82. The molecule has 0 aromatic heterocycles. The largest absolute Gasteiger partial charge is 0.362 e. The molecule has 0 heterocycles. The lowest BCUT2D eigenvalue weighted by Gasteiger charge is -2.33. The van der Waals surface area contributed by atoms with Crippen molar-refractivity contribution in [1.82, 2.24) is 0 Å². The molecule has 174 valence electrons. The van der Waals surface area contributed by atoms with Crippen LogP contribution in [0.5, 0.6) is 0 Å². The molecule has 0 spiro atoms. The van der Waals surface area contributed by atoms with E-state index in [0.717, 1.165) is 18.4 Å². The molecule has 3 aromatic carbocycles. The molecule has 0 amide bonds. The van der Waals surface area contributed by atoms with Crippen molar-refractivity contribution in [1.29, 1.82) is 0 Å². The standard InChI is InChI=1S/C29H35O3P/c1-3-4-5-6-7-17-24-32-29(2,25-18-11-8-12-19-25)28(30)33(31,26-20-13-9-14-21-26)27-22-15-10-16-23-27/h8-16,18-23H,3-7,17,24H2,1-2H3. The molecule has 0 aliphatic rings. The Kier molecular flexibility index (Phi) is 9.23. The van der Waals surface area contributed by atoms with Crippen molar-refractivity contribution in [2.75, 3.05) is 6.61 Å². The van der Waals surface area contributed by atoms with E-state index in [1.165, 1.54) is 25.7 Å². The van der Waals surface area contributed by atoms with Gasteiger partial charge in [0.05, 0.1) is 0 Å². The van der Waals surface area contributed by atoms with Crippen LogP contribution in [0, 0.1) is 0 Å². The summed E-state index contributed by atoms with van der Waals surface area (Å²) in [5, 5.41) is 1.07. The van der Waals surface area contributed by atoms with E-state index in [0.29, 0.717) is 17.2 Å². The van der Waals surface area contributed by atoms with Crippen LogP contribution in [0.1, 0.15) is 57.9 Å². The van der Waals surface area contributed by atoms with E-state index >= 15 is 0 Å². The smallest absolute Gasteiger partial charge is 0.235 e. The van der Waals surface area contributed by atoms with Gasteiger partial charge in [-0.15, -0.1) is 0 Å². The number of hydrogen-bond donors (Lipinski definition) is 0. The van der Waals surface area contributed by atoms with Crippen molar-refractivity contribution >= 4 is 23.3 Å². The van der Waals surface area contributed by atoms with Crippen molar-refractivity contribution in [3.63, 3.8) is 0 Å². The molecule has 4 heteroatoms. The summed E-state index contributed by atoms with van der Waals surface area (Å²) in [4.78, 5) is 14.3. The third kappa shape index (κ3) is 5.91. The molecular formula is C29H35O3P. The molecular weight excluding hydrogens is 427 g/mol. The molecule has 3 rings (SSSR count). The zero-order valence-corrected chi connectivity index (χ0v) is 20.7. The number of ether oxygens (including phenoxy) is 1. The first-order chi connectivity index (χ1) is 16.0. The summed E-state index contributed by atoms with van der Waals surface area (Å²) in [6.45, 7) is 4.44. The van der Waals surface area contributed by atoms with Gasteiger partial charge in [-0.25, -0.2) is 0 Å². The Bertz CT molecular complexity index is 991. The second kappa shape index (κ2) is 12.1. The summed E-state index contributed by atoms with van der Waals surface area (Å²) < 4.78 is 21.1. The molecule has 0 saturated carbocycles. The highest BCUT2D eigenvalue weighted by Crippen LogP contribution is 2.51. The number of carbonyl (C=O) groups excluding carboxylic acids is 1. The van der Waals surface area contributed by atoms with Crippen LogP contribution in [0.25, 0.3) is 0 Å². The molecule has 0 aliphatic heterocycles. The lowest BCUT2D eigenvalue weighted by Crippen LogP contribution is -2.40. The van der Waals surface area contributed by atoms with Crippen LogP contribution in [0.15, 0.2) is 91.0 Å². The topological polar surface area (TPSA) is 43.4 Å². The molecule has 33 heavy (non-hydrogen) atoms. The van der Waals surface area contributed by atoms with E-state index < -0.39 is 12.7 Å². The van der Waals surface area contributed by atoms with Crippen molar-refractivity contribution in [3.8, 4) is 0 Å². The number of hydrogen-bond acceptors (Lipinski definition) is 3. The normalized spacial score (nSPS) is 13.4. The molecule has 0 radical (unpaired) electrons. The average molecular weight is 463 g/mol. The highest BCUT2D eigenvalue weighted by molar-refractivity contribution is 7.93. The fraction of sp³-hybridized carbons (Fsp3) is 0.345. The monoisotopic (exact) mass is 462 g/mol. The zero-order chi connectivity index (χ0) is 23.6. The summed E-state index contributed by atoms with van der Waals surface area (Å²) >= 11 is 0. The Balaban J connectivity index is 1.96. The van der Waals surface area contributed by atoms with Gasteiger partial charge in [0.15, 0.2) is 5.60 Å². The van der Waals surface area contributed by atoms with Crippen LogP contribution >= 0.6 is 7.14 Å². The van der Waals surface area contributed by atoms with Crippen LogP contribution in [0.3, 0.4) is 0 Å². The minimum atomic E-state index is -3.64. The number of benzene rings is 3. The predicted molar refractivity (Wildman–Crippen MR) is 138 cm³/mol. The van der Waals surface area contributed by atoms with Gasteiger partial charge >= 0.3 is 0 Å². The van der Waals surface area contributed by atoms with E-state index in [1.54, 1.807) is 31.2 Å². The minimum Gasteiger partial charge on any atom is -0.362 e. The quantitative estimate of drug-likeness (QED) is 0.207. The summed E-state index contributed by atoms with van der Waals surface area (Å²) in [5.41, 5.74) is -0.969. The van der Waals surface area contributed by atoms with Gasteiger partial charge in [-0.05, 0) is 18.9 Å². The van der Waals surface area contributed by atoms with Gasteiger partial charge in [0.2, 0.25) is 12.7 Å². The Hall–Kier alpha value is -2.48. The van der Waals surface area contributed by atoms with Crippen molar-refractivity contribution in [3.05, 3.63) is 96.6 Å². The van der Waals surface area contributed by atoms with Gasteiger partial charge in [0, 0.05) is 17.2 Å². The maximum Gasteiger partial charge on any atom is 0.235 e. The SMILES string of the molecule is CCCCCCCCOC(C)(C(=O)P(=O)(c1ccccc1)c1ccccc1)c1ccccc1. The van der Waals surface area contributed by atoms with Gasteiger partial charge in [-0.1, -0.05) is 130 Å². The summed E-state index contributed by atoms with van der Waals surface area (Å²) in [6.07, 6.45) is 6.79. The second-order valence-corrected chi connectivity index (χ2v) is 11.3. The zero-order valence-electron chi connectivity index (χ0n) is 19.8. The Labute approximate surface area is 198 Å². The molecule has 0 bridgehead atoms. The molecule has 0 N–H and O–H groups in total. The van der Waals surface area contributed by atoms with Crippen molar-refractivity contribution in [2.45, 2.75) is 58.0 Å². The molecule has 0 fully saturated rings. The van der Waals surface area contributed by atoms with E-state index in [1.807, 2.05) is 66.7 Å². The molecule has 0 aliphatic carbocycles. The number of carbonyl (C=O) groups is 1. The molecule has 1 unspecified atom stereocenters. The lowest BCUT2D eigenvalue weighted by molar-refractivity contribution is -0.135. The molecule has 3 nitrogen and oxygen atoms in total. The Morgan fingerprint density at radius 1 is 0.727 bits per heavy atom. The number of rotatable bonds is 13. The van der Waals surface area contributed by atoms with Crippen LogP contribution < -0.4 is 10.6 Å². The fourth-order valence-corrected chi connectivity index (χ4v) is 6.89. The van der Waals surface area contributed by atoms with Gasteiger partial charge in [-0.3, -0.25) is 4.79 Å². The van der Waals surface area contributed by atoms with Gasteiger partial charge in [-0.2, -0.15) is 0 Å².